The monoisotopic (exact) mass is 390 g/mol. The third-order valence-corrected chi connectivity index (χ3v) is 5.21. The van der Waals surface area contributed by atoms with Gasteiger partial charge in [-0.1, -0.05) is 24.3 Å². The molecule has 6 nitrogen and oxygen atoms in total. The van der Waals surface area contributed by atoms with Gasteiger partial charge in [0.05, 0.1) is 6.04 Å². The molecule has 4 rings (SSSR count). The molecule has 6 heteroatoms. The van der Waals surface area contributed by atoms with Crippen molar-refractivity contribution in [3.05, 3.63) is 71.2 Å². The van der Waals surface area contributed by atoms with Crippen LogP contribution >= 0.6 is 0 Å². The molecule has 2 aromatic carbocycles. The van der Waals surface area contributed by atoms with Crippen molar-refractivity contribution in [2.45, 2.75) is 32.7 Å². The van der Waals surface area contributed by atoms with Crippen LogP contribution in [0.15, 0.2) is 52.9 Å². The van der Waals surface area contributed by atoms with Crippen molar-refractivity contribution < 1.29 is 18.8 Å². The molecule has 0 aliphatic carbocycles. The van der Waals surface area contributed by atoms with Gasteiger partial charge in [0, 0.05) is 29.5 Å². The van der Waals surface area contributed by atoms with E-state index < -0.39 is 0 Å². The van der Waals surface area contributed by atoms with E-state index in [-0.39, 0.29) is 36.7 Å². The summed E-state index contributed by atoms with van der Waals surface area (Å²) in [5, 5.41) is 4.47. The molecule has 0 bridgehead atoms. The average Bonchev–Trinajstić information content (AvgIpc) is 3.15. The van der Waals surface area contributed by atoms with Crippen LogP contribution in [-0.2, 0) is 4.79 Å². The average molecular weight is 390 g/mol. The minimum atomic E-state index is -0.306. The van der Waals surface area contributed by atoms with E-state index in [2.05, 4.69) is 5.32 Å². The molecule has 1 N–H and O–H groups in total. The Balaban J connectivity index is 1.40. The second kappa shape index (κ2) is 7.54. The number of imide groups is 1. The number of hydrogen-bond donors (Lipinski definition) is 1. The molecule has 148 valence electrons. The number of amides is 3. The van der Waals surface area contributed by atoms with E-state index in [1.807, 2.05) is 50.2 Å². The first-order valence-corrected chi connectivity index (χ1v) is 9.69. The van der Waals surface area contributed by atoms with Gasteiger partial charge in [0.1, 0.15) is 11.5 Å². The minimum Gasteiger partial charge on any atom is -0.464 e. The molecule has 0 saturated carbocycles. The maximum absolute atomic E-state index is 12.8. The lowest BCUT2D eigenvalue weighted by Crippen LogP contribution is -2.41. The van der Waals surface area contributed by atoms with Crippen molar-refractivity contribution in [2.24, 2.45) is 0 Å². The van der Waals surface area contributed by atoms with Crippen LogP contribution in [0.2, 0.25) is 0 Å². The van der Waals surface area contributed by atoms with Gasteiger partial charge in [0.15, 0.2) is 0 Å². The molecule has 3 aromatic rings. The highest BCUT2D eigenvalue weighted by Gasteiger charge is 2.32. The van der Waals surface area contributed by atoms with Gasteiger partial charge >= 0.3 is 0 Å². The molecule has 1 aliphatic rings. The molecule has 1 aliphatic heterocycles. The Morgan fingerprint density at radius 1 is 1.03 bits per heavy atom. The first-order valence-electron chi connectivity index (χ1n) is 9.69. The van der Waals surface area contributed by atoms with Gasteiger partial charge in [-0.2, -0.15) is 0 Å². The molecule has 29 heavy (non-hydrogen) atoms. The molecule has 0 fully saturated rings. The fourth-order valence-corrected chi connectivity index (χ4v) is 3.75. The Hall–Kier alpha value is -3.41. The molecule has 0 saturated heterocycles. The topological polar surface area (TPSA) is 79.6 Å². The first-order chi connectivity index (χ1) is 14.0. The highest BCUT2D eigenvalue weighted by atomic mass is 16.3. The van der Waals surface area contributed by atoms with E-state index in [0.717, 1.165) is 11.1 Å². The Labute approximate surface area is 168 Å². The van der Waals surface area contributed by atoms with Crippen LogP contribution in [0.1, 0.15) is 58.0 Å². The lowest BCUT2D eigenvalue weighted by molar-refractivity contribution is -0.122. The van der Waals surface area contributed by atoms with Crippen molar-refractivity contribution >= 4 is 28.5 Å². The number of carbonyl (C=O) groups excluding carboxylic acids is 3. The zero-order chi connectivity index (χ0) is 20.5. The van der Waals surface area contributed by atoms with E-state index >= 15 is 0 Å². The van der Waals surface area contributed by atoms with Crippen molar-refractivity contribution in [1.82, 2.24) is 10.2 Å². The fraction of sp³-hybridized carbons (Fsp3) is 0.261. The lowest BCUT2D eigenvalue weighted by atomic mass is 9.94. The zero-order valence-electron chi connectivity index (χ0n) is 16.4. The summed E-state index contributed by atoms with van der Waals surface area (Å²) < 4.78 is 5.52. The quantitative estimate of drug-likeness (QED) is 0.646. The molecule has 2 heterocycles. The van der Waals surface area contributed by atoms with E-state index in [9.17, 15) is 14.4 Å². The number of nitrogens with zero attached hydrogens (tertiary/aromatic N) is 1. The SMILES string of the molecule is Cc1ccc(C(C)NC(=O)CCCN2C(=O)c3cccc4cccc(c34)C2=O)o1. The lowest BCUT2D eigenvalue weighted by Gasteiger charge is -2.27. The van der Waals surface area contributed by atoms with Gasteiger partial charge in [0.25, 0.3) is 11.8 Å². The summed E-state index contributed by atoms with van der Waals surface area (Å²) >= 11 is 0. The van der Waals surface area contributed by atoms with Crippen LogP contribution in [-0.4, -0.2) is 29.2 Å². The molecule has 0 spiro atoms. The standard InChI is InChI=1S/C23H22N2O4/c1-14-11-12-19(29-14)15(2)24-20(26)10-5-13-25-22(27)17-8-3-6-16-7-4-9-18(21(16)17)23(25)28/h3-4,6-9,11-12,15H,5,10,13H2,1-2H3,(H,24,26). The molecule has 1 atom stereocenters. The summed E-state index contributed by atoms with van der Waals surface area (Å²) in [6.45, 7) is 3.90. The van der Waals surface area contributed by atoms with Crippen LogP contribution in [0.5, 0.6) is 0 Å². The van der Waals surface area contributed by atoms with Crippen molar-refractivity contribution in [3.8, 4) is 0 Å². The molecule has 0 radical (unpaired) electrons. The third-order valence-electron chi connectivity index (χ3n) is 5.21. The molecular weight excluding hydrogens is 368 g/mol. The molecule has 1 aromatic heterocycles. The van der Waals surface area contributed by atoms with E-state index in [1.54, 1.807) is 12.1 Å². The van der Waals surface area contributed by atoms with E-state index in [1.165, 1.54) is 4.90 Å². The van der Waals surface area contributed by atoms with Crippen LogP contribution in [0.4, 0.5) is 0 Å². The summed E-state index contributed by atoms with van der Waals surface area (Å²) in [5.74, 6) is 0.727. The summed E-state index contributed by atoms with van der Waals surface area (Å²) in [5.41, 5.74) is 1.06. The second-order valence-corrected chi connectivity index (χ2v) is 7.31. The van der Waals surface area contributed by atoms with Crippen molar-refractivity contribution in [1.29, 1.82) is 0 Å². The third kappa shape index (κ3) is 3.53. The fourth-order valence-electron chi connectivity index (χ4n) is 3.75. The highest BCUT2D eigenvalue weighted by molar-refractivity contribution is 6.25. The second-order valence-electron chi connectivity index (χ2n) is 7.31. The number of hydrogen-bond acceptors (Lipinski definition) is 4. The van der Waals surface area contributed by atoms with Gasteiger partial charge in [-0.25, -0.2) is 0 Å². The highest BCUT2D eigenvalue weighted by Crippen LogP contribution is 2.30. The molecule has 3 amide bonds. The molecular formula is C23H22N2O4. The summed E-state index contributed by atoms with van der Waals surface area (Å²) in [4.78, 5) is 39.2. The number of nitrogens with one attached hydrogen (secondary N) is 1. The number of aryl methyl sites for hydroxylation is 1. The van der Waals surface area contributed by atoms with Crippen LogP contribution in [0.3, 0.4) is 0 Å². The Morgan fingerprint density at radius 3 is 2.28 bits per heavy atom. The van der Waals surface area contributed by atoms with Gasteiger partial charge in [-0.15, -0.1) is 0 Å². The summed E-state index contributed by atoms with van der Waals surface area (Å²) in [6.07, 6.45) is 0.609. The van der Waals surface area contributed by atoms with Crippen molar-refractivity contribution in [2.75, 3.05) is 6.54 Å². The Morgan fingerprint density at radius 2 is 1.69 bits per heavy atom. The van der Waals surface area contributed by atoms with Crippen molar-refractivity contribution in [3.63, 3.8) is 0 Å². The normalized spacial score (nSPS) is 14.3. The Kier molecular flexibility index (Phi) is 4.92. The number of furan rings is 1. The predicted octanol–water partition coefficient (Wildman–Crippen LogP) is 3.99. The van der Waals surface area contributed by atoms with Crippen LogP contribution in [0.25, 0.3) is 10.8 Å². The largest absolute Gasteiger partial charge is 0.464 e. The number of benzene rings is 2. The zero-order valence-corrected chi connectivity index (χ0v) is 16.4. The number of carbonyl (C=O) groups is 3. The smallest absolute Gasteiger partial charge is 0.261 e. The summed E-state index contributed by atoms with van der Waals surface area (Å²) in [6, 6.07) is 14.4. The van der Waals surface area contributed by atoms with E-state index in [0.29, 0.717) is 28.7 Å². The van der Waals surface area contributed by atoms with E-state index in [4.69, 9.17) is 4.42 Å². The van der Waals surface area contributed by atoms with Crippen LogP contribution in [0, 0.1) is 6.92 Å². The maximum Gasteiger partial charge on any atom is 0.261 e. The van der Waals surface area contributed by atoms with Gasteiger partial charge in [-0.3, -0.25) is 19.3 Å². The van der Waals surface area contributed by atoms with Gasteiger partial charge < -0.3 is 9.73 Å². The number of rotatable bonds is 6. The van der Waals surface area contributed by atoms with Gasteiger partial charge in [0.2, 0.25) is 5.91 Å². The van der Waals surface area contributed by atoms with Gasteiger partial charge in [-0.05, 0) is 49.9 Å². The minimum absolute atomic E-state index is 0.147. The summed E-state index contributed by atoms with van der Waals surface area (Å²) in [7, 11) is 0. The first kappa shape index (κ1) is 18.9. The maximum atomic E-state index is 12.8. The predicted molar refractivity (Wildman–Crippen MR) is 109 cm³/mol. The Bertz CT molecular complexity index is 1060. The molecule has 1 unspecified atom stereocenters. The van der Waals surface area contributed by atoms with Crippen LogP contribution < -0.4 is 5.32 Å².